The molecule has 2 heterocycles. The van der Waals surface area contributed by atoms with Gasteiger partial charge in [-0.1, -0.05) is 78.3 Å². The third kappa shape index (κ3) is 12.1. The highest BCUT2D eigenvalue weighted by Gasteiger charge is 2.52. The van der Waals surface area contributed by atoms with Crippen LogP contribution in [0, 0.1) is 5.82 Å². The minimum atomic E-state index is -1.31. The molecule has 0 atom stereocenters. The molecule has 10 rings (SSSR count). The van der Waals surface area contributed by atoms with Gasteiger partial charge in [-0.3, -0.25) is 19.2 Å². The van der Waals surface area contributed by atoms with Crippen LogP contribution >= 0.6 is 34.3 Å². The largest absolute Gasteiger partial charge is 0.445 e. The predicted molar refractivity (Wildman–Crippen MR) is 302 cm³/mol. The maximum absolute atomic E-state index is 15.4. The number of ether oxygens (including phenoxy) is 2. The van der Waals surface area contributed by atoms with Gasteiger partial charge in [0.1, 0.15) is 30.1 Å². The van der Waals surface area contributed by atoms with Crippen LogP contribution in [0.5, 0.6) is 0 Å². The minimum Gasteiger partial charge on any atom is -0.445 e. The zero-order valence-electron chi connectivity index (χ0n) is 41.2. The summed E-state index contributed by atoms with van der Waals surface area (Å²) < 4.78 is 26.7. The Kier molecular flexibility index (Phi) is 15.0. The zero-order valence-corrected chi connectivity index (χ0v) is 43.6. The molecule has 8 aromatic rings. The number of halogens is 2. The van der Waals surface area contributed by atoms with Crippen molar-refractivity contribution in [3.8, 4) is 32.0 Å². The molecule has 2 aliphatic carbocycles. The number of thiophene rings is 2. The number of rotatable bonds is 17. The lowest BCUT2D eigenvalue weighted by molar-refractivity contribution is -0.119. The monoisotopic (exact) mass is 1100 g/mol. The Morgan fingerprint density at radius 3 is 1.74 bits per heavy atom. The number of nitrogen functional groups attached to an aromatic ring is 2. The van der Waals surface area contributed by atoms with Crippen molar-refractivity contribution in [2.24, 2.45) is 0 Å². The van der Waals surface area contributed by atoms with E-state index in [0.717, 1.165) is 43.6 Å². The summed E-state index contributed by atoms with van der Waals surface area (Å²) in [5, 5.41) is 18.2. The molecule has 0 radical (unpaired) electrons. The number of nitrogens with one attached hydrogen (secondary N) is 6. The number of hydrogen-bond acceptors (Lipinski definition) is 12. The van der Waals surface area contributed by atoms with E-state index in [0.29, 0.717) is 63.9 Å². The molecule has 394 valence electrons. The van der Waals surface area contributed by atoms with Crippen molar-refractivity contribution in [2.45, 2.75) is 50.0 Å². The molecule has 0 unspecified atom stereocenters. The van der Waals surface area contributed by atoms with E-state index in [4.69, 9.17) is 32.5 Å². The van der Waals surface area contributed by atoms with E-state index in [9.17, 15) is 28.8 Å². The molecule has 2 aromatic heterocycles. The minimum absolute atomic E-state index is 0.00387. The molecule has 16 nitrogen and oxygen atoms in total. The number of anilines is 6. The lowest BCUT2D eigenvalue weighted by Gasteiger charge is -2.18. The smallest absolute Gasteiger partial charge is 0.408 e. The summed E-state index contributed by atoms with van der Waals surface area (Å²) in [6.45, 7) is -0.0648. The van der Waals surface area contributed by atoms with Gasteiger partial charge in [-0.2, -0.15) is 0 Å². The first-order valence-electron chi connectivity index (χ1n) is 24.4. The highest BCUT2D eigenvalue weighted by atomic mass is 35.5. The topological polar surface area (TPSA) is 245 Å². The molecule has 0 bridgehead atoms. The van der Waals surface area contributed by atoms with Gasteiger partial charge in [0, 0.05) is 32.1 Å². The average Bonchev–Trinajstić information content (AvgIpc) is 4.41. The number of alkyl carbamates (subject to hydrolysis) is 2. The quantitative estimate of drug-likeness (QED) is 0.0401. The van der Waals surface area contributed by atoms with Gasteiger partial charge in [-0.15, -0.1) is 22.7 Å². The number of hydrogen-bond donors (Lipinski definition) is 8. The van der Waals surface area contributed by atoms with Crippen LogP contribution in [0.1, 0.15) is 57.5 Å². The molecule has 0 saturated heterocycles. The van der Waals surface area contributed by atoms with Gasteiger partial charge >= 0.3 is 12.2 Å². The van der Waals surface area contributed by atoms with Crippen molar-refractivity contribution < 1.29 is 42.6 Å². The highest BCUT2D eigenvalue weighted by molar-refractivity contribution is 7.19. The molecular formula is C58H48ClFN8O8S2. The molecule has 20 heteroatoms. The molecule has 0 spiro atoms. The third-order valence-electron chi connectivity index (χ3n) is 13.2. The zero-order chi connectivity index (χ0) is 54.6. The maximum atomic E-state index is 15.4. The third-order valence-corrected chi connectivity index (χ3v) is 15.4. The molecule has 6 amide bonds. The van der Waals surface area contributed by atoms with Crippen LogP contribution in [0.4, 0.5) is 48.1 Å². The fraction of sp³-hybridized carbons (Fsp3) is 0.138. The number of amides is 6. The van der Waals surface area contributed by atoms with Gasteiger partial charge in [0.15, 0.2) is 0 Å². The molecule has 10 N–H and O–H groups in total. The molecule has 2 fully saturated rings. The van der Waals surface area contributed by atoms with Gasteiger partial charge in [0.05, 0.1) is 32.8 Å². The lowest BCUT2D eigenvalue weighted by Crippen LogP contribution is -2.46. The first kappa shape index (κ1) is 52.4. The van der Waals surface area contributed by atoms with Gasteiger partial charge in [0.2, 0.25) is 11.8 Å². The number of nitrogens with two attached hydrogens (primary N) is 2. The number of carbonyl (C=O) groups excluding carboxylic acids is 6. The van der Waals surface area contributed by atoms with Crippen molar-refractivity contribution >= 4 is 104 Å². The molecule has 2 saturated carbocycles. The molecule has 6 aromatic carbocycles. The Bertz CT molecular complexity index is 3610. The van der Waals surface area contributed by atoms with Gasteiger partial charge in [0.25, 0.3) is 11.8 Å². The van der Waals surface area contributed by atoms with Crippen molar-refractivity contribution in [2.75, 3.05) is 32.7 Å². The molecule has 0 aliphatic heterocycles. The van der Waals surface area contributed by atoms with E-state index in [1.165, 1.54) is 34.8 Å². The summed E-state index contributed by atoms with van der Waals surface area (Å²) in [6.07, 6.45) is -0.0383. The van der Waals surface area contributed by atoms with E-state index in [-0.39, 0.29) is 30.2 Å². The van der Waals surface area contributed by atoms with Crippen LogP contribution < -0.4 is 43.4 Å². The average molecular weight is 1100 g/mol. The van der Waals surface area contributed by atoms with Crippen molar-refractivity contribution in [1.29, 1.82) is 0 Å². The van der Waals surface area contributed by atoms with Crippen LogP contribution in [0.2, 0.25) is 4.34 Å². The standard InChI is InChI=1S/C58H48ClFN8O8S2/c59-50-21-20-49(78-50)41-30-47(65-51(69)36-12-16-39(17-13-36)63-53(71)57(22-23-57)67-55(73)75-31-33-5-2-1-3-6-33)44(62)29-40(41)35-10-8-34(9-11-35)32-76-56(74)68-58(24-25-58)54(72)66-45-19-15-38(27-42(45)60)52(70)64-46-28-37(14-18-43(46)61)48-7-4-26-77-48/h1-21,26-30H,22-25,31-32,61-62H2,(H,63,71)(H,64,70)(H,65,69)(H,66,72)(H,67,73)(H,68,74). The van der Waals surface area contributed by atoms with Gasteiger partial charge < -0.3 is 52.8 Å². The summed E-state index contributed by atoms with van der Waals surface area (Å²) in [7, 11) is 0. The van der Waals surface area contributed by atoms with Crippen LogP contribution in [0.25, 0.3) is 32.0 Å². The number of benzene rings is 6. The van der Waals surface area contributed by atoms with Crippen LogP contribution in [0.15, 0.2) is 157 Å². The summed E-state index contributed by atoms with van der Waals surface area (Å²) >= 11 is 9.27. The fourth-order valence-electron chi connectivity index (χ4n) is 8.41. The Morgan fingerprint density at radius 2 is 1.14 bits per heavy atom. The summed E-state index contributed by atoms with van der Waals surface area (Å²) in [4.78, 5) is 80.7. The van der Waals surface area contributed by atoms with Crippen LogP contribution in [-0.4, -0.2) is 46.9 Å². The van der Waals surface area contributed by atoms with Gasteiger partial charge in [-0.25, -0.2) is 14.0 Å². The maximum Gasteiger partial charge on any atom is 0.408 e. The Labute approximate surface area is 459 Å². The van der Waals surface area contributed by atoms with E-state index >= 15 is 4.39 Å². The Hall–Kier alpha value is -9.04. The summed E-state index contributed by atoms with van der Waals surface area (Å²) in [6, 6.07) is 42.7. The molecular weight excluding hydrogens is 1060 g/mol. The first-order chi connectivity index (χ1) is 37.6. The van der Waals surface area contributed by atoms with Crippen LogP contribution in [0.3, 0.4) is 0 Å². The van der Waals surface area contributed by atoms with Crippen molar-refractivity contribution in [1.82, 2.24) is 10.6 Å². The van der Waals surface area contributed by atoms with E-state index in [1.807, 2.05) is 72.1 Å². The second-order valence-electron chi connectivity index (χ2n) is 18.7. The summed E-state index contributed by atoms with van der Waals surface area (Å²) in [5.41, 5.74) is 16.8. The summed E-state index contributed by atoms with van der Waals surface area (Å²) in [5.74, 6) is -2.93. The van der Waals surface area contributed by atoms with Crippen molar-refractivity contribution in [3.63, 3.8) is 0 Å². The van der Waals surface area contributed by atoms with E-state index in [1.54, 1.807) is 66.7 Å². The van der Waals surface area contributed by atoms with E-state index in [2.05, 4.69) is 31.9 Å². The van der Waals surface area contributed by atoms with Gasteiger partial charge in [-0.05, 0) is 144 Å². The fourth-order valence-corrected chi connectivity index (χ4v) is 10.2. The highest BCUT2D eigenvalue weighted by Crippen LogP contribution is 2.43. The van der Waals surface area contributed by atoms with Crippen LogP contribution in [-0.2, 0) is 32.3 Å². The molecule has 2 aliphatic rings. The normalized spacial score (nSPS) is 13.5. The second-order valence-corrected chi connectivity index (χ2v) is 21.4. The second kappa shape index (κ2) is 22.3. The van der Waals surface area contributed by atoms with E-state index < -0.39 is 52.7 Å². The SMILES string of the molecule is Nc1ccc(-c2cccs2)cc1NC(=O)c1ccc(NC(=O)C2(NC(=O)OCc3ccc(-c4cc(N)c(NC(=O)c5ccc(NC(=O)C6(NC(=O)OCc7ccccc7)CC6)cc5)cc4-c4ccc(Cl)s4)cc3)CC2)c(F)c1. The molecule has 78 heavy (non-hydrogen) atoms. The number of carbonyl (C=O) groups is 6. The first-order valence-corrected chi connectivity index (χ1v) is 26.5. The lowest BCUT2D eigenvalue weighted by atomic mass is 9.96. The Balaban J connectivity index is 0.726. The predicted octanol–water partition coefficient (Wildman–Crippen LogP) is 12.1. The Morgan fingerprint density at radius 1 is 0.538 bits per heavy atom. The van der Waals surface area contributed by atoms with Crippen molar-refractivity contribution in [3.05, 3.63) is 189 Å².